The molecule has 29 heavy (non-hydrogen) atoms. The largest absolute Gasteiger partial charge is 0.489 e. The van der Waals surface area contributed by atoms with Crippen LogP contribution in [0.1, 0.15) is 43.7 Å². The van der Waals surface area contributed by atoms with E-state index in [1.54, 1.807) is 6.07 Å². The summed E-state index contributed by atoms with van der Waals surface area (Å²) in [6.45, 7) is 16.3. The zero-order valence-electron chi connectivity index (χ0n) is 16.7. The van der Waals surface area contributed by atoms with E-state index in [4.69, 9.17) is 11.3 Å². The van der Waals surface area contributed by atoms with E-state index in [2.05, 4.69) is 69.4 Å². The van der Waals surface area contributed by atoms with Crippen molar-refractivity contribution >= 4 is 43.5 Å². The fraction of sp³-hybridized carbons (Fsp3) is 0.409. The standard InChI is InChI=1S/C22H21Br2N3O2/c1-21(2)19(27-11-16-13(18(27)28)7-9-17(24)26-16)22(3,4)20(21)29-12-6-8-15(25-5)14(23)10-12/h6-10,19-20H,11H2,1-4H3. The van der Waals surface area contributed by atoms with Crippen LogP contribution in [-0.2, 0) is 6.54 Å². The Morgan fingerprint density at radius 3 is 2.48 bits per heavy atom. The van der Waals surface area contributed by atoms with Crippen LogP contribution in [0.25, 0.3) is 4.85 Å². The first-order valence-corrected chi connectivity index (χ1v) is 11.0. The molecule has 2 aromatic rings. The Morgan fingerprint density at radius 1 is 1.17 bits per heavy atom. The number of pyridine rings is 1. The van der Waals surface area contributed by atoms with Gasteiger partial charge in [-0.25, -0.2) is 9.83 Å². The van der Waals surface area contributed by atoms with E-state index in [0.717, 1.165) is 20.5 Å². The van der Waals surface area contributed by atoms with Crippen molar-refractivity contribution in [2.45, 2.75) is 46.4 Å². The molecular formula is C22H21Br2N3O2. The van der Waals surface area contributed by atoms with Crippen molar-refractivity contribution in [3.8, 4) is 5.75 Å². The van der Waals surface area contributed by atoms with E-state index in [-0.39, 0.29) is 28.9 Å². The van der Waals surface area contributed by atoms with Crippen LogP contribution in [0.5, 0.6) is 5.75 Å². The Kier molecular flexibility index (Phi) is 4.79. The highest BCUT2D eigenvalue weighted by Crippen LogP contribution is 2.59. The molecule has 1 aliphatic carbocycles. The van der Waals surface area contributed by atoms with Gasteiger partial charge < -0.3 is 9.64 Å². The van der Waals surface area contributed by atoms with Crippen LogP contribution in [0, 0.1) is 17.4 Å². The maximum Gasteiger partial charge on any atom is 0.256 e. The van der Waals surface area contributed by atoms with E-state index in [1.165, 1.54) is 0 Å². The molecule has 0 radical (unpaired) electrons. The highest BCUT2D eigenvalue weighted by molar-refractivity contribution is 9.10. The zero-order chi connectivity index (χ0) is 21.1. The van der Waals surface area contributed by atoms with Gasteiger partial charge in [-0.1, -0.05) is 49.7 Å². The first-order valence-electron chi connectivity index (χ1n) is 9.37. The summed E-state index contributed by atoms with van der Waals surface area (Å²) in [5.41, 5.74) is 1.57. The Bertz CT molecular complexity index is 1040. The molecule has 0 saturated heterocycles. The van der Waals surface area contributed by atoms with E-state index >= 15 is 0 Å². The molecule has 2 aliphatic rings. The topological polar surface area (TPSA) is 46.8 Å². The summed E-state index contributed by atoms with van der Waals surface area (Å²) in [5.74, 6) is 0.754. The second kappa shape index (κ2) is 6.82. The molecule has 150 valence electrons. The third-order valence-corrected chi connectivity index (χ3v) is 7.19. The Labute approximate surface area is 187 Å². The van der Waals surface area contributed by atoms with Gasteiger partial charge in [-0.15, -0.1) is 0 Å². The van der Waals surface area contributed by atoms with Crippen LogP contribution < -0.4 is 4.74 Å². The summed E-state index contributed by atoms with van der Waals surface area (Å²) < 4.78 is 7.85. The van der Waals surface area contributed by atoms with E-state index in [0.29, 0.717) is 17.8 Å². The quantitative estimate of drug-likeness (QED) is 0.370. The second-order valence-electron chi connectivity index (χ2n) is 8.83. The lowest BCUT2D eigenvalue weighted by Gasteiger charge is -2.65. The predicted octanol–water partition coefficient (Wildman–Crippen LogP) is 6.00. The molecule has 1 saturated carbocycles. The van der Waals surface area contributed by atoms with Gasteiger partial charge in [-0.3, -0.25) is 4.79 Å². The van der Waals surface area contributed by atoms with E-state index in [9.17, 15) is 4.79 Å². The number of benzene rings is 1. The minimum absolute atomic E-state index is 0.0198. The number of ether oxygens (including phenoxy) is 1. The molecule has 1 amide bonds. The summed E-state index contributed by atoms with van der Waals surface area (Å²) in [4.78, 5) is 23.0. The van der Waals surface area contributed by atoms with Crippen molar-refractivity contribution in [3.05, 3.63) is 62.1 Å². The van der Waals surface area contributed by atoms with Gasteiger partial charge >= 0.3 is 0 Å². The lowest BCUT2D eigenvalue weighted by atomic mass is 9.49. The number of hydrogen-bond donors (Lipinski definition) is 0. The monoisotopic (exact) mass is 517 g/mol. The first kappa shape index (κ1) is 20.4. The number of rotatable bonds is 3. The highest BCUT2D eigenvalue weighted by Gasteiger charge is 2.67. The molecule has 0 bridgehead atoms. The average molecular weight is 519 g/mol. The summed E-state index contributed by atoms with van der Waals surface area (Å²) in [6, 6.07) is 9.10. The predicted molar refractivity (Wildman–Crippen MR) is 118 cm³/mol. The molecule has 1 aliphatic heterocycles. The molecule has 2 heterocycles. The van der Waals surface area contributed by atoms with Crippen LogP contribution >= 0.6 is 31.9 Å². The zero-order valence-corrected chi connectivity index (χ0v) is 19.8. The van der Waals surface area contributed by atoms with Gasteiger partial charge in [-0.05, 0) is 40.2 Å². The highest BCUT2D eigenvalue weighted by atomic mass is 79.9. The lowest BCUT2D eigenvalue weighted by Crippen LogP contribution is -2.74. The molecule has 0 unspecified atom stereocenters. The lowest BCUT2D eigenvalue weighted by molar-refractivity contribution is -0.199. The fourth-order valence-corrected chi connectivity index (χ4v) is 6.18. The third kappa shape index (κ3) is 3.08. The van der Waals surface area contributed by atoms with Crippen molar-refractivity contribution in [2.24, 2.45) is 10.8 Å². The summed E-state index contributed by atoms with van der Waals surface area (Å²) in [6.07, 6.45) is -0.0816. The van der Waals surface area contributed by atoms with Crippen molar-refractivity contribution in [2.75, 3.05) is 0 Å². The number of halogens is 2. The Balaban J connectivity index is 1.60. The van der Waals surface area contributed by atoms with Crippen molar-refractivity contribution < 1.29 is 9.53 Å². The van der Waals surface area contributed by atoms with Gasteiger partial charge in [0.25, 0.3) is 5.91 Å². The van der Waals surface area contributed by atoms with Crippen LogP contribution in [0.3, 0.4) is 0 Å². The molecule has 1 aromatic carbocycles. The van der Waals surface area contributed by atoms with Crippen LogP contribution in [0.4, 0.5) is 5.69 Å². The smallest absolute Gasteiger partial charge is 0.256 e. The fourth-order valence-electron chi connectivity index (χ4n) is 5.39. The minimum atomic E-state index is -0.247. The minimum Gasteiger partial charge on any atom is -0.489 e. The first-order chi connectivity index (χ1) is 13.6. The van der Waals surface area contributed by atoms with Gasteiger partial charge in [0.1, 0.15) is 16.5 Å². The molecule has 1 fully saturated rings. The van der Waals surface area contributed by atoms with Crippen molar-refractivity contribution in [1.29, 1.82) is 0 Å². The van der Waals surface area contributed by atoms with Crippen LogP contribution in [-0.4, -0.2) is 27.9 Å². The van der Waals surface area contributed by atoms with Gasteiger partial charge in [0.15, 0.2) is 0 Å². The molecule has 7 heteroatoms. The van der Waals surface area contributed by atoms with Crippen molar-refractivity contribution in [1.82, 2.24) is 9.88 Å². The SMILES string of the molecule is [C-]#[N+]c1ccc(OC2C(C)(C)C(N3Cc4nc(Br)ccc4C3=O)C2(C)C)cc1Br. The number of hydrogen-bond acceptors (Lipinski definition) is 3. The Morgan fingerprint density at radius 2 is 1.86 bits per heavy atom. The molecule has 0 spiro atoms. The molecular weight excluding hydrogens is 498 g/mol. The molecule has 0 N–H and O–H groups in total. The van der Waals surface area contributed by atoms with Gasteiger partial charge in [-0.2, -0.15) is 0 Å². The maximum absolute atomic E-state index is 13.1. The molecule has 1 aromatic heterocycles. The second-order valence-corrected chi connectivity index (χ2v) is 10.5. The maximum atomic E-state index is 13.1. The number of aromatic nitrogens is 1. The van der Waals surface area contributed by atoms with Gasteiger partial charge in [0.05, 0.1) is 24.4 Å². The van der Waals surface area contributed by atoms with E-state index < -0.39 is 0 Å². The number of carbonyl (C=O) groups excluding carboxylic acids is 1. The normalized spacial score (nSPS) is 23.9. The van der Waals surface area contributed by atoms with Gasteiger partial charge in [0, 0.05) is 21.3 Å². The molecule has 4 rings (SSSR count). The van der Waals surface area contributed by atoms with E-state index in [1.807, 2.05) is 29.2 Å². The number of nitrogens with zero attached hydrogens (tertiary/aromatic N) is 3. The van der Waals surface area contributed by atoms with Crippen LogP contribution in [0.15, 0.2) is 39.4 Å². The molecule has 5 nitrogen and oxygen atoms in total. The number of carbonyl (C=O) groups is 1. The summed E-state index contributed by atoms with van der Waals surface area (Å²) >= 11 is 6.83. The number of amides is 1. The summed E-state index contributed by atoms with van der Waals surface area (Å²) in [5, 5.41) is 0. The summed E-state index contributed by atoms with van der Waals surface area (Å²) in [7, 11) is 0. The van der Waals surface area contributed by atoms with Gasteiger partial charge in [0.2, 0.25) is 5.69 Å². The molecule has 0 atom stereocenters. The number of fused-ring (bicyclic) bond motifs is 1. The average Bonchev–Trinajstić information content (AvgIpc) is 2.94. The Hall–Kier alpha value is -1.91. The third-order valence-electron chi connectivity index (χ3n) is 6.12. The van der Waals surface area contributed by atoms with Crippen LogP contribution in [0.2, 0.25) is 0 Å². The van der Waals surface area contributed by atoms with Crippen molar-refractivity contribution in [3.63, 3.8) is 0 Å².